The van der Waals surface area contributed by atoms with Crippen molar-refractivity contribution in [3.63, 3.8) is 0 Å². The summed E-state index contributed by atoms with van der Waals surface area (Å²) in [6.45, 7) is 12.2. The van der Waals surface area contributed by atoms with Gasteiger partial charge in [-0.1, -0.05) is 87.9 Å². The third kappa shape index (κ3) is 13.1. The van der Waals surface area contributed by atoms with Gasteiger partial charge in [0.1, 0.15) is 24.0 Å². The lowest BCUT2D eigenvalue weighted by Crippen LogP contribution is -2.64. The van der Waals surface area contributed by atoms with E-state index in [1.807, 2.05) is 70.2 Å². The number of ether oxygens (including phenoxy) is 5. The van der Waals surface area contributed by atoms with Gasteiger partial charge in [-0.3, -0.25) is 14.4 Å². The maximum atomic E-state index is 14.4. The molecule has 1 saturated carbocycles. The number of piperidine rings is 1. The molecule has 0 spiro atoms. The largest absolute Gasteiger partial charge is 0.456 e. The number of aliphatic hydroxyl groups is 2. The molecule has 1 aromatic rings. The Morgan fingerprint density at radius 2 is 1.65 bits per heavy atom. The molecule has 0 aromatic heterocycles. The van der Waals surface area contributed by atoms with Crippen LogP contribution in [0, 0.1) is 29.6 Å². The van der Waals surface area contributed by atoms with E-state index in [2.05, 4.69) is 19.1 Å². The number of rotatable bonds is 9. The highest BCUT2D eigenvalue weighted by atomic mass is 16.7. The summed E-state index contributed by atoms with van der Waals surface area (Å²) in [5, 5.41) is 23.3. The molecule has 13 atom stereocenters. The molecule has 12 nitrogen and oxygen atoms in total. The fourth-order valence-corrected chi connectivity index (χ4v) is 10.3. The minimum absolute atomic E-state index is 0.000190. The molecule has 13 unspecified atom stereocenters. The van der Waals surface area contributed by atoms with Crippen LogP contribution in [-0.2, 0) is 42.9 Å². The number of esters is 1. The molecule has 2 N–H and O–H groups in total. The van der Waals surface area contributed by atoms with Gasteiger partial charge in [-0.15, -0.1) is 0 Å². The van der Waals surface area contributed by atoms with E-state index < -0.39 is 65.9 Å². The molecule has 1 aromatic carbocycles. The minimum Gasteiger partial charge on any atom is -0.456 e. The van der Waals surface area contributed by atoms with E-state index in [1.54, 1.807) is 21.1 Å². The number of hydrogen-bond acceptors (Lipinski definition) is 11. The van der Waals surface area contributed by atoms with Gasteiger partial charge >= 0.3 is 5.97 Å². The molecule has 3 aliphatic heterocycles. The van der Waals surface area contributed by atoms with Crippen LogP contribution in [0.2, 0.25) is 0 Å². The normalized spacial score (nSPS) is 36.3. The van der Waals surface area contributed by atoms with Gasteiger partial charge in [0.2, 0.25) is 5.79 Å². The molecular formula is C51H75NO11. The molecule has 1 aliphatic carbocycles. The summed E-state index contributed by atoms with van der Waals surface area (Å²) in [7, 11) is 3.11. The first-order valence-corrected chi connectivity index (χ1v) is 23.5. The molecule has 3 fully saturated rings. The second kappa shape index (κ2) is 23.6. The molecular weight excluding hydrogens is 803 g/mol. The first-order valence-electron chi connectivity index (χ1n) is 23.5. The second-order valence-corrected chi connectivity index (χ2v) is 19.0. The molecule has 4 aliphatic rings. The third-order valence-corrected chi connectivity index (χ3v) is 14.0. The van der Waals surface area contributed by atoms with Gasteiger partial charge in [0.25, 0.3) is 11.7 Å². The van der Waals surface area contributed by atoms with E-state index in [0.29, 0.717) is 64.4 Å². The van der Waals surface area contributed by atoms with E-state index in [4.69, 9.17) is 23.7 Å². The van der Waals surface area contributed by atoms with Crippen LogP contribution in [0.1, 0.15) is 124 Å². The van der Waals surface area contributed by atoms with Gasteiger partial charge in [0.15, 0.2) is 0 Å². The molecule has 0 radical (unpaired) electrons. The van der Waals surface area contributed by atoms with Crippen molar-refractivity contribution in [3.8, 4) is 0 Å². The Kier molecular flexibility index (Phi) is 18.9. The lowest BCUT2D eigenvalue weighted by atomic mass is 9.82. The van der Waals surface area contributed by atoms with Gasteiger partial charge in [0.05, 0.1) is 31.0 Å². The predicted octanol–water partition coefficient (Wildman–Crippen LogP) is 7.59. The minimum atomic E-state index is -2.48. The van der Waals surface area contributed by atoms with Crippen molar-refractivity contribution >= 4 is 29.5 Å². The van der Waals surface area contributed by atoms with E-state index in [-0.39, 0.29) is 54.9 Å². The number of Topliss-reactive ketones (excluding diaryl/α,β-unsaturated/α-hetero) is 2. The van der Waals surface area contributed by atoms with Crippen LogP contribution in [0.4, 0.5) is 0 Å². The average Bonchev–Trinajstić information content (AvgIpc) is 3.27. The summed E-state index contributed by atoms with van der Waals surface area (Å²) in [4.78, 5) is 58.1. The molecule has 3 heterocycles. The van der Waals surface area contributed by atoms with Crippen molar-refractivity contribution in [3.05, 3.63) is 65.3 Å². The maximum Gasteiger partial charge on any atom is 0.329 e. The van der Waals surface area contributed by atoms with Crippen LogP contribution in [0.15, 0.2) is 59.7 Å². The number of carbonyl (C=O) groups excluding carboxylic acids is 4. The standard InChI is InChI=1S/C51H75NO11/c1-9-39-27-32(2)26-33(3)28-44(59-7)47-45(60-8)30-36(6)51(58,63-47)48(55)49(56)52-24-14-13-19-40(52)50(57)62-46(34(4)20-22-41(39)53)35(5)29-38-21-23-43(42(54)31-38)61-25-15-18-37-16-11-10-12-17-37/h10-12,15-18,27,29,33-34,36,38-40,42-47,54,58H,9,13-14,19-26,28,30-31H2,1-8H3. The van der Waals surface area contributed by atoms with Crippen molar-refractivity contribution < 1.29 is 53.1 Å². The molecule has 350 valence electrons. The van der Waals surface area contributed by atoms with Gasteiger partial charge in [-0.2, -0.15) is 0 Å². The van der Waals surface area contributed by atoms with Crippen molar-refractivity contribution in [1.82, 2.24) is 4.90 Å². The molecule has 2 bridgehead atoms. The van der Waals surface area contributed by atoms with Crippen LogP contribution < -0.4 is 0 Å². The van der Waals surface area contributed by atoms with Gasteiger partial charge in [-0.05, 0) is 113 Å². The highest BCUT2D eigenvalue weighted by molar-refractivity contribution is 6.39. The number of amides is 1. The number of fused-ring (bicyclic) bond motifs is 3. The topological polar surface area (TPSA) is 158 Å². The first kappa shape index (κ1) is 50.5. The highest BCUT2D eigenvalue weighted by Gasteiger charge is 2.56. The lowest BCUT2D eigenvalue weighted by Gasteiger charge is -2.47. The summed E-state index contributed by atoms with van der Waals surface area (Å²) < 4.78 is 30.5. The number of allylic oxidation sites excluding steroid dienone is 3. The van der Waals surface area contributed by atoms with Gasteiger partial charge in [0, 0.05) is 39.0 Å². The quantitative estimate of drug-likeness (QED) is 0.143. The van der Waals surface area contributed by atoms with Crippen LogP contribution in [0.5, 0.6) is 0 Å². The van der Waals surface area contributed by atoms with Crippen LogP contribution >= 0.6 is 0 Å². The lowest BCUT2D eigenvalue weighted by molar-refractivity contribution is -0.302. The second-order valence-electron chi connectivity index (χ2n) is 19.0. The Morgan fingerprint density at radius 1 is 0.937 bits per heavy atom. The summed E-state index contributed by atoms with van der Waals surface area (Å²) in [5.41, 5.74) is 2.95. The smallest absolute Gasteiger partial charge is 0.329 e. The summed E-state index contributed by atoms with van der Waals surface area (Å²) in [6, 6.07) is 8.91. The third-order valence-electron chi connectivity index (χ3n) is 14.0. The molecule has 5 rings (SSSR count). The van der Waals surface area contributed by atoms with Crippen molar-refractivity contribution in [2.24, 2.45) is 29.6 Å². The van der Waals surface area contributed by atoms with Crippen LogP contribution in [0.25, 0.3) is 6.08 Å². The van der Waals surface area contributed by atoms with E-state index in [1.165, 1.54) is 4.90 Å². The Bertz CT molecular complexity index is 1780. The fraction of sp³-hybridized carbons (Fsp3) is 0.686. The zero-order valence-electron chi connectivity index (χ0n) is 39.0. The average molecular weight is 878 g/mol. The fourth-order valence-electron chi connectivity index (χ4n) is 10.3. The number of cyclic esters (lactones) is 1. The first-order chi connectivity index (χ1) is 30.1. The molecule has 2 saturated heterocycles. The highest BCUT2D eigenvalue weighted by Crippen LogP contribution is 2.39. The number of methoxy groups -OCH3 is 2. The number of nitrogens with zero attached hydrogens (tertiary/aromatic N) is 1. The van der Waals surface area contributed by atoms with E-state index >= 15 is 0 Å². The van der Waals surface area contributed by atoms with E-state index in [9.17, 15) is 29.4 Å². The van der Waals surface area contributed by atoms with Crippen molar-refractivity contribution in [2.75, 3.05) is 27.4 Å². The summed E-state index contributed by atoms with van der Waals surface area (Å²) in [6.07, 6.45) is 10.7. The molecule has 63 heavy (non-hydrogen) atoms. The zero-order chi connectivity index (χ0) is 45.8. The van der Waals surface area contributed by atoms with Crippen LogP contribution in [-0.4, -0.2) is 114 Å². The van der Waals surface area contributed by atoms with Crippen LogP contribution in [0.3, 0.4) is 0 Å². The Labute approximate surface area is 375 Å². The monoisotopic (exact) mass is 878 g/mol. The number of benzene rings is 1. The number of ketones is 2. The number of hydrogen-bond donors (Lipinski definition) is 2. The Morgan fingerprint density at radius 3 is 2.33 bits per heavy atom. The number of aliphatic hydroxyl groups excluding tert-OH is 1. The predicted molar refractivity (Wildman–Crippen MR) is 241 cm³/mol. The SMILES string of the molecule is CCC1C=C(C)CC(C)CC(OC)C2OC(O)(C(=O)C(=O)N3CCCCC3C(=O)OC(C(C)=CC3CCC(OCC=Cc4ccccc4)C(O)C3)C(C)CCC1=O)C(C)CC2OC. The Hall–Kier alpha value is -3.52. The Balaban J connectivity index is 1.41. The maximum absolute atomic E-state index is 14.4. The van der Waals surface area contributed by atoms with Crippen molar-refractivity contribution in [2.45, 2.75) is 167 Å². The van der Waals surface area contributed by atoms with Crippen molar-refractivity contribution in [1.29, 1.82) is 0 Å². The van der Waals surface area contributed by atoms with E-state index in [0.717, 1.165) is 23.1 Å². The van der Waals surface area contributed by atoms with Gasteiger partial charge < -0.3 is 38.8 Å². The number of carbonyl (C=O) groups is 4. The molecule has 12 heteroatoms. The van der Waals surface area contributed by atoms with Gasteiger partial charge in [-0.25, -0.2) is 4.79 Å². The summed E-state index contributed by atoms with van der Waals surface area (Å²) in [5.74, 6) is -6.38. The molecule has 1 amide bonds. The zero-order valence-corrected chi connectivity index (χ0v) is 39.0. The summed E-state index contributed by atoms with van der Waals surface area (Å²) >= 11 is 0.